The number of hydrogen-bond acceptors (Lipinski definition) is 2. The lowest BCUT2D eigenvalue weighted by molar-refractivity contribution is 0.0783. The van der Waals surface area contributed by atoms with Crippen molar-refractivity contribution in [3.05, 3.63) is 70.7 Å². The molecule has 0 fully saturated rings. The van der Waals surface area contributed by atoms with Gasteiger partial charge >= 0.3 is 0 Å². The van der Waals surface area contributed by atoms with Gasteiger partial charge in [-0.25, -0.2) is 4.39 Å². The second kappa shape index (κ2) is 4.71. The third kappa shape index (κ3) is 2.34. The van der Waals surface area contributed by atoms with Crippen LogP contribution >= 0.6 is 0 Å². The highest BCUT2D eigenvalue weighted by atomic mass is 19.1. The molecular weight excluding hydrogens is 267 g/mol. The van der Waals surface area contributed by atoms with Crippen molar-refractivity contribution in [3.63, 3.8) is 0 Å². The molecule has 1 aromatic heterocycles. The molecule has 2 aromatic carbocycles. The second-order valence-electron chi connectivity index (χ2n) is 5.69. The first-order chi connectivity index (χ1) is 9.88. The topological polar surface area (TPSA) is 33.4 Å². The fourth-order valence-corrected chi connectivity index (χ4v) is 2.44. The van der Waals surface area contributed by atoms with Crippen LogP contribution in [0, 0.1) is 19.7 Å². The fraction of sp³-hybridized carbons (Fsp3) is 0.222. The number of hydrogen-bond donors (Lipinski definition) is 1. The van der Waals surface area contributed by atoms with Gasteiger partial charge in [-0.3, -0.25) is 0 Å². The normalized spacial score (nSPS) is 14.3. The molecule has 1 heterocycles. The van der Waals surface area contributed by atoms with Crippen LogP contribution in [-0.4, -0.2) is 5.11 Å². The molecular formula is C18H17FO2. The number of aryl methyl sites for hydroxylation is 2. The molecule has 0 aliphatic carbocycles. The maximum absolute atomic E-state index is 13.7. The zero-order chi connectivity index (χ0) is 15.2. The summed E-state index contributed by atoms with van der Waals surface area (Å²) in [6.45, 7) is 5.30. The van der Waals surface area contributed by atoms with E-state index < -0.39 is 5.60 Å². The van der Waals surface area contributed by atoms with E-state index in [1.165, 1.54) is 6.07 Å². The maximum atomic E-state index is 13.7. The van der Waals surface area contributed by atoms with E-state index in [-0.39, 0.29) is 5.82 Å². The largest absolute Gasteiger partial charge is 0.458 e. The Bertz CT molecular complexity index is 815. The zero-order valence-corrected chi connectivity index (χ0v) is 12.3. The highest BCUT2D eigenvalue weighted by molar-refractivity contribution is 5.79. The molecule has 0 amide bonds. The van der Waals surface area contributed by atoms with E-state index in [9.17, 15) is 9.50 Å². The van der Waals surface area contributed by atoms with Crippen LogP contribution in [0.3, 0.4) is 0 Å². The van der Waals surface area contributed by atoms with E-state index in [4.69, 9.17) is 4.42 Å². The van der Waals surface area contributed by atoms with E-state index in [1.54, 1.807) is 32.0 Å². The highest BCUT2D eigenvalue weighted by Crippen LogP contribution is 2.34. The van der Waals surface area contributed by atoms with Crippen molar-refractivity contribution in [2.24, 2.45) is 0 Å². The Balaban J connectivity index is 2.12. The summed E-state index contributed by atoms with van der Waals surface area (Å²) < 4.78 is 19.5. The molecule has 21 heavy (non-hydrogen) atoms. The zero-order valence-electron chi connectivity index (χ0n) is 12.3. The van der Waals surface area contributed by atoms with Gasteiger partial charge in [0.25, 0.3) is 0 Å². The molecule has 0 bridgehead atoms. The lowest BCUT2D eigenvalue weighted by atomic mass is 9.92. The SMILES string of the molecule is Cc1ccc2oc(C(C)(O)c3ccc(C)c(F)c3)cc2c1. The number of rotatable bonds is 2. The Labute approximate surface area is 122 Å². The molecule has 1 N–H and O–H groups in total. The Kier molecular flexibility index (Phi) is 3.10. The van der Waals surface area contributed by atoms with Gasteiger partial charge < -0.3 is 9.52 Å². The van der Waals surface area contributed by atoms with E-state index >= 15 is 0 Å². The molecule has 0 aliphatic rings. The number of aliphatic hydroxyl groups is 1. The van der Waals surface area contributed by atoms with Crippen LogP contribution in [0.1, 0.15) is 29.4 Å². The Morgan fingerprint density at radius 1 is 1.05 bits per heavy atom. The summed E-state index contributed by atoms with van der Waals surface area (Å²) in [6.07, 6.45) is 0. The molecule has 2 nitrogen and oxygen atoms in total. The van der Waals surface area contributed by atoms with Crippen LogP contribution in [0.4, 0.5) is 4.39 Å². The monoisotopic (exact) mass is 284 g/mol. The minimum atomic E-state index is -1.37. The van der Waals surface area contributed by atoms with Crippen molar-refractivity contribution in [1.29, 1.82) is 0 Å². The molecule has 3 heteroatoms. The summed E-state index contributed by atoms with van der Waals surface area (Å²) in [5.41, 5.74) is 1.48. The van der Waals surface area contributed by atoms with Crippen LogP contribution in [-0.2, 0) is 5.60 Å². The van der Waals surface area contributed by atoms with Crippen molar-refractivity contribution in [2.75, 3.05) is 0 Å². The summed E-state index contributed by atoms with van der Waals surface area (Å²) in [5, 5.41) is 11.7. The number of furan rings is 1. The van der Waals surface area contributed by atoms with Gasteiger partial charge in [0.05, 0.1) is 0 Å². The quantitative estimate of drug-likeness (QED) is 0.754. The van der Waals surface area contributed by atoms with Crippen LogP contribution in [0.5, 0.6) is 0 Å². The van der Waals surface area contributed by atoms with Crippen LogP contribution in [0.2, 0.25) is 0 Å². The standard InChI is InChI=1S/C18H17FO2/c1-11-4-7-16-13(8-11)9-17(21-16)18(3,20)14-6-5-12(2)15(19)10-14/h4-10,20H,1-3H3. The summed E-state index contributed by atoms with van der Waals surface area (Å²) >= 11 is 0. The van der Waals surface area contributed by atoms with Gasteiger partial charge in [-0.15, -0.1) is 0 Å². The van der Waals surface area contributed by atoms with Crippen molar-refractivity contribution in [1.82, 2.24) is 0 Å². The summed E-state index contributed by atoms with van der Waals surface area (Å²) in [4.78, 5) is 0. The molecule has 0 saturated carbocycles. The van der Waals surface area contributed by atoms with Gasteiger partial charge in [0.2, 0.25) is 0 Å². The molecule has 0 saturated heterocycles. The Morgan fingerprint density at radius 2 is 1.81 bits per heavy atom. The average molecular weight is 284 g/mol. The smallest absolute Gasteiger partial charge is 0.144 e. The van der Waals surface area contributed by atoms with Gasteiger partial charge in [-0.1, -0.05) is 23.8 Å². The van der Waals surface area contributed by atoms with Crippen LogP contribution in [0.15, 0.2) is 46.9 Å². The molecule has 0 radical (unpaired) electrons. The maximum Gasteiger partial charge on any atom is 0.144 e. The predicted octanol–water partition coefficient (Wildman–Crippen LogP) is 4.44. The minimum absolute atomic E-state index is 0.334. The van der Waals surface area contributed by atoms with Crippen LogP contribution < -0.4 is 0 Å². The third-order valence-corrected chi connectivity index (χ3v) is 3.89. The molecule has 0 spiro atoms. The molecule has 0 aliphatic heterocycles. The van der Waals surface area contributed by atoms with E-state index in [0.29, 0.717) is 22.5 Å². The van der Waals surface area contributed by atoms with E-state index in [1.807, 2.05) is 25.1 Å². The summed E-state index contributed by atoms with van der Waals surface area (Å²) in [5.74, 6) is 0.0751. The first-order valence-corrected chi connectivity index (χ1v) is 6.87. The molecule has 3 rings (SSSR count). The first kappa shape index (κ1) is 13.8. The lowest BCUT2D eigenvalue weighted by Crippen LogP contribution is -2.22. The number of benzene rings is 2. The van der Waals surface area contributed by atoms with Crippen molar-refractivity contribution in [3.8, 4) is 0 Å². The predicted molar refractivity (Wildman–Crippen MR) is 80.8 cm³/mol. The van der Waals surface area contributed by atoms with Gasteiger partial charge in [0.1, 0.15) is 22.8 Å². The Hall–Kier alpha value is -2.13. The van der Waals surface area contributed by atoms with E-state index in [2.05, 4.69) is 0 Å². The van der Waals surface area contributed by atoms with Crippen molar-refractivity contribution < 1.29 is 13.9 Å². The van der Waals surface area contributed by atoms with Gasteiger partial charge in [0, 0.05) is 5.39 Å². The molecule has 1 atom stereocenters. The fourth-order valence-electron chi connectivity index (χ4n) is 2.44. The summed E-state index contributed by atoms with van der Waals surface area (Å²) in [7, 11) is 0. The van der Waals surface area contributed by atoms with E-state index in [0.717, 1.165) is 10.9 Å². The van der Waals surface area contributed by atoms with Gasteiger partial charge in [0.15, 0.2) is 0 Å². The Morgan fingerprint density at radius 3 is 2.52 bits per heavy atom. The molecule has 1 unspecified atom stereocenters. The van der Waals surface area contributed by atoms with Gasteiger partial charge in [-0.2, -0.15) is 0 Å². The number of fused-ring (bicyclic) bond motifs is 1. The van der Waals surface area contributed by atoms with Crippen molar-refractivity contribution >= 4 is 11.0 Å². The third-order valence-electron chi connectivity index (χ3n) is 3.89. The summed E-state index contributed by atoms with van der Waals surface area (Å²) in [6, 6.07) is 12.4. The lowest BCUT2D eigenvalue weighted by Gasteiger charge is -2.21. The first-order valence-electron chi connectivity index (χ1n) is 6.87. The molecule has 108 valence electrons. The van der Waals surface area contributed by atoms with Gasteiger partial charge in [-0.05, 0) is 56.2 Å². The minimum Gasteiger partial charge on any atom is -0.458 e. The molecule has 3 aromatic rings. The van der Waals surface area contributed by atoms with Crippen LogP contribution in [0.25, 0.3) is 11.0 Å². The van der Waals surface area contributed by atoms with Crippen molar-refractivity contribution in [2.45, 2.75) is 26.4 Å². The average Bonchev–Trinajstić information content (AvgIpc) is 2.85. The number of halogens is 1. The second-order valence-corrected chi connectivity index (χ2v) is 5.69. The highest BCUT2D eigenvalue weighted by Gasteiger charge is 2.30.